The standard InChI is InChI=1S/C24H30N4O/c1-5-27(17-20-16-25-28(6-2)18-20)23(29)24(4,21-10-8-7-9-11-21)26-22-14-12-19(3)13-15-22/h7-16,18,26H,5-6,17H2,1-4H3/t24-/m0/s1. The zero-order chi connectivity index (χ0) is 20.9. The monoisotopic (exact) mass is 390 g/mol. The molecule has 152 valence electrons. The van der Waals surface area contributed by atoms with Gasteiger partial charge in [0.1, 0.15) is 5.54 Å². The highest BCUT2D eigenvalue weighted by molar-refractivity contribution is 5.90. The lowest BCUT2D eigenvalue weighted by atomic mass is 9.89. The Hall–Kier alpha value is -3.08. The van der Waals surface area contributed by atoms with Crippen LogP contribution in [0.3, 0.4) is 0 Å². The molecular formula is C24H30N4O. The van der Waals surface area contributed by atoms with Crippen molar-refractivity contribution >= 4 is 11.6 Å². The average molecular weight is 391 g/mol. The summed E-state index contributed by atoms with van der Waals surface area (Å²) in [5, 5.41) is 7.84. The number of benzene rings is 2. The van der Waals surface area contributed by atoms with Crippen molar-refractivity contribution in [2.75, 3.05) is 11.9 Å². The van der Waals surface area contributed by atoms with Gasteiger partial charge in [-0.1, -0.05) is 48.0 Å². The first-order valence-corrected chi connectivity index (χ1v) is 10.2. The summed E-state index contributed by atoms with van der Waals surface area (Å²) in [6, 6.07) is 18.1. The van der Waals surface area contributed by atoms with E-state index in [1.54, 1.807) is 0 Å². The van der Waals surface area contributed by atoms with Gasteiger partial charge in [-0.25, -0.2) is 0 Å². The third kappa shape index (κ3) is 4.67. The van der Waals surface area contributed by atoms with Crippen LogP contribution in [0.15, 0.2) is 67.0 Å². The van der Waals surface area contributed by atoms with E-state index in [2.05, 4.69) is 36.4 Å². The first-order chi connectivity index (χ1) is 14.0. The Morgan fingerprint density at radius 3 is 2.38 bits per heavy atom. The lowest BCUT2D eigenvalue weighted by Gasteiger charge is -2.36. The number of likely N-dealkylation sites (N-methyl/N-ethyl adjacent to an activating group) is 1. The maximum Gasteiger partial charge on any atom is 0.252 e. The molecule has 0 saturated carbocycles. The third-order valence-corrected chi connectivity index (χ3v) is 5.28. The number of anilines is 1. The molecule has 1 aromatic heterocycles. The summed E-state index contributed by atoms with van der Waals surface area (Å²) >= 11 is 0. The molecule has 0 aliphatic carbocycles. The number of nitrogens with zero attached hydrogens (tertiary/aromatic N) is 3. The van der Waals surface area contributed by atoms with Crippen LogP contribution >= 0.6 is 0 Å². The Balaban J connectivity index is 1.92. The zero-order valence-electron chi connectivity index (χ0n) is 17.7. The van der Waals surface area contributed by atoms with Gasteiger partial charge in [0.15, 0.2) is 0 Å². The fourth-order valence-corrected chi connectivity index (χ4v) is 3.47. The minimum atomic E-state index is -0.882. The van der Waals surface area contributed by atoms with Crippen LogP contribution in [0.5, 0.6) is 0 Å². The van der Waals surface area contributed by atoms with Gasteiger partial charge in [-0.05, 0) is 45.4 Å². The third-order valence-electron chi connectivity index (χ3n) is 5.28. The molecule has 0 spiro atoms. The summed E-state index contributed by atoms with van der Waals surface area (Å²) < 4.78 is 1.88. The largest absolute Gasteiger partial charge is 0.368 e. The van der Waals surface area contributed by atoms with Gasteiger partial charge in [-0.15, -0.1) is 0 Å². The molecule has 2 aromatic carbocycles. The number of amides is 1. The molecule has 29 heavy (non-hydrogen) atoms. The van der Waals surface area contributed by atoms with E-state index in [1.807, 2.05) is 78.3 Å². The van der Waals surface area contributed by atoms with Crippen LogP contribution in [0.25, 0.3) is 0 Å². The highest BCUT2D eigenvalue weighted by Gasteiger charge is 2.38. The van der Waals surface area contributed by atoms with Crippen LogP contribution in [0.2, 0.25) is 0 Å². The predicted molar refractivity (Wildman–Crippen MR) is 118 cm³/mol. The van der Waals surface area contributed by atoms with E-state index in [9.17, 15) is 4.79 Å². The smallest absolute Gasteiger partial charge is 0.252 e. The van der Waals surface area contributed by atoms with Gasteiger partial charge in [0.05, 0.1) is 6.20 Å². The van der Waals surface area contributed by atoms with Gasteiger partial charge in [-0.2, -0.15) is 5.10 Å². The van der Waals surface area contributed by atoms with Crippen molar-refractivity contribution in [3.63, 3.8) is 0 Å². The van der Waals surface area contributed by atoms with E-state index in [1.165, 1.54) is 5.56 Å². The highest BCUT2D eigenvalue weighted by Crippen LogP contribution is 2.29. The molecule has 0 fully saturated rings. The predicted octanol–water partition coefficient (Wildman–Crippen LogP) is 4.59. The Morgan fingerprint density at radius 2 is 1.79 bits per heavy atom. The molecule has 5 nitrogen and oxygen atoms in total. The normalized spacial score (nSPS) is 13.0. The van der Waals surface area contributed by atoms with E-state index >= 15 is 0 Å². The molecule has 0 unspecified atom stereocenters. The molecule has 1 amide bonds. The van der Waals surface area contributed by atoms with Crippen LogP contribution in [-0.4, -0.2) is 27.1 Å². The van der Waals surface area contributed by atoms with Crippen LogP contribution in [0, 0.1) is 6.92 Å². The summed E-state index contributed by atoms with van der Waals surface area (Å²) in [4.78, 5) is 15.7. The SMILES string of the molecule is CCN(Cc1cnn(CC)c1)C(=O)[C@@](C)(Nc1ccc(C)cc1)c1ccccc1. The molecule has 0 radical (unpaired) electrons. The lowest BCUT2D eigenvalue weighted by Crippen LogP contribution is -2.49. The Bertz CT molecular complexity index is 933. The van der Waals surface area contributed by atoms with E-state index < -0.39 is 5.54 Å². The fourth-order valence-electron chi connectivity index (χ4n) is 3.47. The zero-order valence-corrected chi connectivity index (χ0v) is 17.7. The first-order valence-electron chi connectivity index (χ1n) is 10.2. The van der Waals surface area contributed by atoms with E-state index in [0.29, 0.717) is 13.1 Å². The minimum Gasteiger partial charge on any atom is -0.368 e. The Morgan fingerprint density at radius 1 is 1.10 bits per heavy atom. The van der Waals surface area contributed by atoms with Crippen LogP contribution in [0.1, 0.15) is 37.5 Å². The van der Waals surface area contributed by atoms with Crippen molar-refractivity contribution in [2.45, 2.75) is 46.3 Å². The molecule has 0 bridgehead atoms. The average Bonchev–Trinajstić information content (AvgIpc) is 3.21. The molecule has 1 heterocycles. The number of carbonyl (C=O) groups is 1. The highest BCUT2D eigenvalue weighted by atomic mass is 16.2. The molecule has 0 aliphatic heterocycles. The second kappa shape index (κ2) is 8.95. The molecule has 5 heteroatoms. The van der Waals surface area contributed by atoms with Crippen LogP contribution < -0.4 is 5.32 Å². The summed E-state index contributed by atoms with van der Waals surface area (Å²) in [5.74, 6) is 0.0380. The maximum absolute atomic E-state index is 13.8. The van der Waals surface area contributed by atoms with Gasteiger partial charge in [0.25, 0.3) is 5.91 Å². The number of aromatic nitrogens is 2. The van der Waals surface area contributed by atoms with Gasteiger partial charge in [0, 0.05) is 37.1 Å². The maximum atomic E-state index is 13.8. The molecule has 1 atom stereocenters. The lowest BCUT2D eigenvalue weighted by molar-refractivity contribution is -0.136. The quantitative estimate of drug-likeness (QED) is 0.612. The first kappa shape index (κ1) is 20.6. The summed E-state index contributed by atoms with van der Waals surface area (Å²) in [5.41, 5.74) is 3.20. The van der Waals surface area contributed by atoms with Crippen molar-refractivity contribution < 1.29 is 4.79 Å². The van der Waals surface area contributed by atoms with E-state index in [0.717, 1.165) is 23.4 Å². The number of carbonyl (C=O) groups excluding carboxylic acids is 1. The molecular weight excluding hydrogens is 360 g/mol. The number of hydrogen-bond donors (Lipinski definition) is 1. The molecule has 3 rings (SSSR count). The number of nitrogens with one attached hydrogen (secondary N) is 1. The van der Waals surface area contributed by atoms with Gasteiger partial charge in [-0.3, -0.25) is 9.48 Å². The van der Waals surface area contributed by atoms with E-state index in [-0.39, 0.29) is 5.91 Å². The summed E-state index contributed by atoms with van der Waals surface area (Å²) in [6.45, 7) is 10.1. The second-order valence-corrected chi connectivity index (χ2v) is 7.51. The van der Waals surface area contributed by atoms with Gasteiger partial charge in [0.2, 0.25) is 0 Å². The minimum absolute atomic E-state index is 0.0380. The van der Waals surface area contributed by atoms with Gasteiger partial charge < -0.3 is 10.2 Å². The Kier molecular flexibility index (Phi) is 6.37. The molecule has 1 N–H and O–H groups in total. The van der Waals surface area contributed by atoms with Crippen molar-refractivity contribution in [3.05, 3.63) is 83.7 Å². The summed E-state index contributed by atoms with van der Waals surface area (Å²) in [7, 11) is 0. The number of aryl methyl sites for hydroxylation is 2. The van der Waals surface area contributed by atoms with Gasteiger partial charge >= 0.3 is 0 Å². The summed E-state index contributed by atoms with van der Waals surface area (Å²) in [6.07, 6.45) is 3.84. The van der Waals surface area contributed by atoms with Crippen molar-refractivity contribution in [3.8, 4) is 0 Å². The number of hydrogen-bond acceptors (Lipinski definition) is 3. The fraction of sp³-hybridized carbons (Fsp3) is 0.333. The van der Waals surface area contributed by atoms with Crippen molar-refractivity contribution in [2.24, 2.45) is 0 Å². The van der Waals surface area contributed by atoms with Crippen molar-refractivity contribution in [1.29, 1.82) is 0 Å². The topological polar surface area (TPSA) is 50.2 Å². The molecule has 0 saturated heterocycles. The van der Waals surface area contributed by atoms with Crippen LogP contribution in [-0.2, 0) is 23.4 Å². The molecule has 0 aliphatic rings. The van der Waals surface area contributed by atoms with Crippen LogP contribution in [0.4, 0.5) is 5.69 Å². The molecule has 3 aromatic rings. The Labute approximate surface area is 173 Å². The van der Waals surface area contributed by atoms with Crippen molar-refractivity contribution in [1.82, 2.24) is 14.7 Å². The second-order valence-electron chi connectivity index (χ2n) is 7.51. The number of rotatable bonds is 8. The van der Waals surface area contributed by atoms with E-state index in [4.69, 9.17) is 0 Å².